The summed E-state index contributed by atoms with van der Waals surface area (Å²) < 4.78 is 40.3. The van der Waals surface area contributed by atoms with Crippen molar-refractivity contribution in [1.29, 1.82) is 0 Å². The highest BCUT2D eigenvalue weighted by Gasteiger charge is 2.49. The second-order valence-electron chi connectivity index (χ2n) is 6.42. The Labute approximate surface area is 113 Å². The first-order valence-corrected chi connectivity index (χ1v) is 7.45. The molecule has 0 unspecified atom stereocenters. The first-order valence-electron chi connectivity index (χ1n) is 7.45. The van der Waals surface area contributed by atoms with Gasteiger partial charge in [-0.05, 0) is 63.2 Å². The van der Waals surface area contributed by atoms with Crippen LogP contribution in [0.2, 0.25) is 0 Å². The van der Waals surface area contributed by atoms with Gasteiger partial charge in [0.25, 0.3) is 0 Å². The molecule has 5 heteroatoms. The lowest BCUT2D eigenvalue weighted by Crippen LogP contribution is -2.42. The van der Waals surface area contributed by atoms with Crippen LogP contribution >= 0.6 is 0 Å². The van der Waals surface area contributed by atoms with Crippen LogP contribution in [0, 0.1) is 17.8 Å². The molecule has 112 valence electrons. The lowest BCUT2D eigenvalue weighted by Gasteiger charge is -2.40. The van der Waals surface area contributed by atoms with Gasteiger partial charge in [0.15, 0.2) is 0 Å². The van der Waals surface area contributed by atoms with E-state index in [1.54, 1.807) is 0 Å². The molecule has 2 nitrogen and oxygen atoms in total. The van der Waals surface area contributed by atoms with E-state index < -0.39 is 12.1 Å². The van der Waals surface area contributed by atoms with Gasteiger partial charge in [0.2, 0.25) is 0 Å². The van der Waals surface area contributed by atoms with Crippen molar-refractivity contribution in [3.63, 3.8) is 0 Å². The SMILES string of the molecule is NC1CCC(C(C2CCC(N)CC2)C(F)(F)F)CC1. The molecule has 2 fully saturated rings. The van der Waals surface area contributed by atoms with E-state index in [0.29, 0.717) is 25.7 Å². The molecular weight excluding hydrogens is 253 g/mol. The van der Waals surface area contributed by atoms with E-state index in [9.17, 15) is 13.2 Å². The lowest BCUT2D eigenvalue weighted by atomic mass is 9.68. The Bertz CT molecular complexity index is 255. The molecule has 0 spiro atoms. The fourth-order valence-electron chi connectivity index (χ4n) is 3.93. The zero-order valence-corrected chi connectivity index (χ0v) is 11.3. The third-order valence-electron chi connectivity index (χ3n) is 5.03. The Balaban J connectivity index is 2.04. The van der Waals surface area contributed by atoms with Crippen LogP contribution in [0.5, 0.6) is 0 Å². The fraction of sp³-hybridized carbons (Fsp3) is 1.00. The number of rotatable bonds is 2. The predicted octanol–water partition coefficient (Wildman–Crippen LogP) is 3.20. The van der Waals surface area contributed by atoms with Crippen molar-refractivity contribution in [2.45, 2.75) is 69.6 Å². The van der Waals surface area contributed by atoms with Crippen LogP contribution in [0.25, 0.3) is 0 Å². The summed E-state index contributed by atoms with van der Waals surface area (Å²) in [6.45, 7) is 0. The van der Waals surface area contributed by atoms with Crippen molar-refractivity contribution in [3.05, 3.63) is 0 Å². The van der Waals surface area contributed by atoms with Crippen LogP contribution in [0.1, 0.15) is 51.4 Å². The highest BCUT2D eigenvalue weighted by atomic mass is 19.4. The first-order chi connectivity index (χ1) is 8.88. The molecule has 0 aromatic carbocycles. The minimum atomic E-state index is -4.07. The Kier molecular flexibility index (Phi) is 4.77. The molecule has 0 amide bonds. The summed E-state index contributed by atoms with van der Waals surface area (Å²) in [4.78, 5) is 0. The van der Waals surface area contributed by atoms with Gasteiger partial charge in [-0.3, -0.25) is 0 Å². The standard InChI is InChI=1S/C14H25F3N2/c15-14(16,17)13(9-1-5-11(18)6-2-9)10-3-7-12(19)8-4-10/h9-13H,1-8,18-19H2. The topological polar surface area (TPSA) is 52.0 Å². The molecule has 0 bridgehead atoms. The number of alkyl halides is 3. The summed E-state index contributed by atoms with van der Waals surface area (Å²) in [5, 5.41) is 0. The predicted molar refractivity (Wildman–Crippen MR) is 69.4 cm³/mol. The summed E-state index contributed by atoms with van der Waals surface area (Å²) >= 11 is 0. The molecule has 4 N–H and O–H groups in total. The normalized spacial score (nSPS) is 39.0. The van der Waals surface area contributed by atoms with Crippen molar-refractivity contribution in [2.75, 3.05) is 0 Å². The molecule has 2 aliphatic carbocycles. The monoisotopic (exact) mass is 278 g/mol. The summed E-state index contributed by atoms with van der Waals surface area (Å²) in [7, 11) is 0. The van der Waals surface area contributed by atoms with Crippen LogP contribution in [0.3, 0.4) is 0 Å². The van der Waals surface area contributed by atoms with Gasteiger partial charge in [0.1, 0.15) is 0 Å². The zero-order valence-electron chi connectivity index (χ0n) is 11.3. The van der Waals surface area contributed by atoms with Gasteiger partial charge in [0, 0.05) is 12.1 Å². The molecule has 0 aromatic heterocycles. The molecule has 19 heavy (non-hydrogen) atoms. The molecule has 0 atom stereocenters. The second-order valence-corrected chi connectivity index (χ2v) is 6.42. The van der Waals surface area contributed by atoms with E-state index in [4.69, 9.17) is 11.5 Å². The lowest BCUT2D eigenvalue weighted by molar-refractivity contribution is -0.210. The molecule has 0 aliphatic heterocycles. The van der Waals surface area contributed by atoms with Crippen LogP contribution < -0.4 is 11.5 Å². The van der Waals surface area contributed by atoms with Crippen LogP contribution in [0.4, 0.5) is 13.2 Å². The van der Waals surface area contributed by atoms with E-state index in [1.165, 1.54) is 0 Å². The maximum absolute atomic E-state index is 13.4. The number of hydrogen-bond acceptors (Lipinski definition) is 2. The van der Waals surface area contributed by atoms with Gasteiger partial charge in [0.05, 0.1) is 5.92 Å². The molecule has 0 radical (unpaired) electrons. The van der Waals surface area contributed by atoms with Crippen LogP contribution in [0.15, 0.2) is 0 Å². The molecular formula is C14H25F3N2. The molecule has 2 rings (SSSR count). The quantitative estimate of drug-likeness (QED) is 0.815. The minimum absolute atomic E-state index is 0.102. The van der Waals surface area contributed by atoms with E-state index in [0.717, 1.165) is 25.7 Å². The largest absolute Gasteiger partial charge is 0.392 e. The molecule has 2 saturated carbocycles. The first kappa shape index (κ1) is 15.1. The molecule has 2 aliphatic rings. The highest BCUT2D eigenvalue weighted by molar-refractivity contribution is 4.89. The Morgan fingerprint density at radius 3 is 1.26 bits per heavy atom. The Morgan fingerprint density at radius 1 is 0.684 bits per heavy atom. The van der Waals surface area contributed by atoms with E-state index in [2.05, 4.69) is 0 Å². The van der Waals surface area contributed by atoms with Crippen LogP contribution in [-0.2, 0) is 0 Å². The smallest absolute Gasteiger partial charge is 0.328 e. The van der Waals surface area contributed by atoms with E-state index in [1.807, 2.05) is 0 Å². The Hall–Kier alpha value is -0.290. The van der Waals surface area contributed by atoms with Gasteiger partial charge < -0.3 is 11.5 Å². The number of nitrogens with two attached hydrogens (primary N) is 2. The maximum Gasteiger partial charge on any atom is 0.392 e. The Morgan fingerprint density at radius 2 is 1.00 bits per heavy atom. The van der Waals surface area contributed by atoms with Gasteiger partial charge in [-0.25, -0.2) is 0 Å². The van der Waals surface area contributed by atoms with Crippen molar-refractivity contribution in [1.82, 2.24) is 0 Å². The van der Waals surface area contributed by atoms with Crippen molar-refractivity contribution in [3.8, 4) is 0 Å². The van der Waals surface area contributed by atoms with Gasteiger partial charge in [-0.1, -0.05) is 0 Å². The zero-order chi connectivity index (χ0) is 14.0. The van der Waals surface area contributed by atoms with Crippen molar-refractivity contribution in [2.24, 2.45) is 29.2 Å². The number of halogens is 3. The molecule has 0 saturated heterocycles. The maximum atomic E-state index is 13.4. The number of hydrogen-bond donors (Lipinski definition) is 2. The molecule has 0 heterocycles. The van der Waals surface area contributed by atoms with Gasteiger partial charge in [-0.15, -0.1) is 0 Å². The summed E-state index contributed by atoms with van der Waals surface area (Å²) in [5.74, 6) is -1.58. The van der Waals surface area contributed by atoms with Crippen molar-refractivity contribution >= 4 is 0 Å². The third-order valence-corrected chi connectivity index (χ3v) is 5.03. The third kappa shape index (κ3) is 3.85. The molecule has 0 aromatic rings. The van der Waals surface area contributed by atoms with E-state index in [-0.39, 0.29) is 23.9 Å². The average molecular weight is 278 g/mol. The summed E-state index contributed by atoms with van der Waals surface area (Å²) in [6.07, 6.45) is 1.42. The van der Waals surface area contributed by atoms with Crippen LogP contribution in [-0.4, -0.2) is 18.3 Å². The van der Waals surface area contributed by atoms with Gasteiger partial charge >= 0.3 is 6.18 Å². The summed E-state index contributed by atoms with van der Waals surface area (Å²) in [6, 6.07) is 0.204. The van der Waals surface area contributed by atoms with Gasteiger partial charge in [-0.2, -0.15) is 13.2 Å². The highest BCUT2D eigenvalue weighted by Crippen LogP contribution is 2.47. The fourth-order valence-corrected chi connectivity index (χ4v) is 3.93. The minimum Gasteiger partial charge on any atom is -0.328 e. The summed E-state index contributed by atoms with van der Waals surface area (Å²) in [5.41, 5.74) is 11.6. The second kappa shape index (κ2) is 6.00. The van der Waals surface area contributed by atoms with Crippen molar-refractivity contribution < 1.29 is 13.2 Å². The van der Waals surface area contributed by atoms with E-state index >= 15 is 0 Å². The average Bonchev–Trinajstić information content (AvgIpc) is 2.33.